The summed E-state index contributed by atoms with van der Waals surface area (Å²) >= 11 is 0. The molecule has 1 aromatic heterocycles. The summed E-state index contributed by atoms with van der Waals surface area (Å²) in [6.07, 6.45) is 7.19. The van der Waals surface area contributed by atoms with Crippen molar-refractivity contribution >= 4 is 23.5 Å². The maximum atomic E-state index is 12.6. The van der Waals surface area contributed by atoms with Gasteiger partial charge in [0.15, 0.2) is 0 Å². The molecule has 2 fully saturated rings. The Morgan fingerprint density at radius 1 is 1.00 bits per heavy atom. The molecule has 27 heavy (non-hydrogen) atoms. The molecule has 0 saturated carbocycles. The number of fused-ring (bicyclic) bond motifs is 1. The molecule has 0 bridgehead atoms. The van der Waals surface area contributed by atoms with Crippen LogP contribution in [0.4, 0.5) is 5.82 Å². The van der Waals surface area contributed by atoms with Gasteiger partial charge in [-0.1, -0.05) is 18.2 Å². The summed E-state index contributed by atoms with van der Waals surface area (Å²) in [7, 11) is 0. The number of carbonyl (C=O) groups excluding carboxylic acids is 3. The van der Waals surface area contributed by atoms with E-state index in [9.17, 15) is 14.4 Å². The van der Waals surface area contributed by atoms with Crippen molar-refractivity contribution in [1.82, 2.24) is 14.8 Å². The average molecular weight is 368 g/mol. The molecule has 0 radical (unpaired) electrons. The highest BCUT2D eigenvalue weighted by molar-refractivity contribution is 6.05. The first-order valence-electron chi connectivity index (χ1n) is 9.59. The largest absolute Gasteiger partial charge is 0.353 e. The van der Waals surface area contributed by atoms with E-state index in [4.69, 9.17) is 0 Å². The minimum Gasteiger partial charge on any atom is -0.353 e. The van der Waals surface area contributed by atoms with Crippen LogP contribution in [0.2, 0.25) is 0 Å². The van der Waals surface area contributed by atoms with Gasteiger partial charge in [0, 0.05) is 45.3 Å². The number of likely N-dealkylation sites (tertiary alicyclic amines) is 1. The van der Waals surface area contributed by atoms with Gasteiger partial charge in [-0.3, -0.25) is 19.3 Å². The monoisotopic (exact) mass is 368 g/mol. The van der Waals surface area contributed by atoms with Crippen molar-refractivity contribution in [3.8, 4) is 0 Å². The van der Waals surface area contributed by atoms with E-state index in [1.807, 2.05) is 35.3 Å². The predicted molar refractivity (Wildman–Crippen MR) is 99.7 cm³/mol. The van der Waals surface area contributed by atoms with E-state index < -0.39 is 0 Å². The molecule has 0 spiro atoms. The maximum absolute atomic E-state index is 12.6. The maximum Gasteiger partial charge on any atom is 0.233 e. The number of anilines is 1. The van der Waals surface area contributed by atoms with Crippen LogP contribution in [0.25, 0.3) is 0 Å². The van der Waals surface area contributed by atoms with Crippen LogP contribution in [0, 0.1) is 11.8 Å². The molecule has 0 aromatic carbocycles. The third-order valence-electron chi connectivity index (χ3n) is 5.75. The van der Waals surface area contributed by atoms with Crippen molar-refractivity contribution in [2.45, 2.75) is 19.3 Å². The van der Waals surface area contributed by atoms with E-state index in [1.165, 1.54) is 4.90 Å². The second-order valence-electron chi connectivity index (χ2n) is 7.29. The molecule has 3 amide bonds. The summed E-state index contributed by atoms with van der Waals surface area (Å²) in [5.74, 6) is 0.265. The summed E-state index contributed by atoms with van der Waals surface area (Å²) in [5.41, 5.74) is 0. The number of aromatic nitrogens is 1. The molecule has 2 aliphatic heterocycles. The lowest BCUT2D eigenvalue weighted by Crippen LogP contribution is -2.49. The average Bonchev–Trinajstić information content (AvgIpc) is 2.97. The second-order valence-corrected chi connectivity index (χ2v) is 7.29. The minimum atomic E-state index is -0.223. The standard InChI is InChI=1S/C20H24N4O3/c25-18(23-13-11-22(12-14-23)17-7-3-4-9-21-17)8-10-24-19(26)15-5-1-2-6-16(15)20(24)27/h1-4,7,9,15-16H,5-6,8,10-14H2/t15-,16-/m1/s1. The first-order valence-corrected chi connectivity index (χ1v) is 9.59. The topological polar surface area (TPSA) is 73.8 Å². The van der Waals surface area contributed by atoms with E-state index in [0.717, 1.165) is 18.9 Å². The van der Waals surface area contributed by atoms with Gasteiger partial charge >= 0.3 is 0 Å². The molecule has 7 heteroatoms. The number of imide groups is 1. The third kappa shape index (κ3) is 3.46. The van der Waals surface area contributed by atoms with Crippen molar-refractivity contribution in [3.05, 3.63) is 36.5 Å². The lowest BCUT2D eigenvalue weighted by atomic mass is 9.85. The van der Waals surface area contributed by atoms with Crippen molar-refractivity contribution in [2.75, 3.05) is 37.6 Å². The zero-order valence-electron chi connectivity index (χ0n) is 15.3. The lowest BCUT2D eigenvalue weighted by molar-refractivity contribution is -0.140. The zero-order chi connectivity index (χ0) is 18.8. The summed E-state index contributed by atoms with van der Waals surface area (Å²) in [5, 5.41) is 0. The molecule has 2 saturated heterocycles. The lowest BCUT2D eigenvalue weighted by Gasteiger charge is -2.35. The van der Waals surface area contributed by atoms with Crippen molar-refractivity contribution < 1.29 is 14.4 Å². The number of amides is 3. The van der Waals surface area contributed by atoms with Gasteiger partial charge in [-0.2, -0.15) is 0 Å². The minimum absolute atomic E-state index is 0.00395. The van der Waals surface area contributed by atoms with E-state index in [1.54, 1.807) is 6.20 Å². The number of hydrogen-bond acceptors (Lipinski definition) is 5. The smallest absolute Gasteiger partial charge is 0.233 e. The van der Waals surface area contributed by atoms with Crippen LogP contribution in [0.5, 0.6) is 0 Å². The van der Waals surface area contributed by atoms with Crippen LogP contribution in [0.3, 0.4) is 0 Å². The van der Waals surface area contributed by atoms with Gasteiger partial charge in [-0.15, -0.1) is 0 Å². The molecule has 0 unspecified atom stereocenters. The summed E-state index contributed by atoms with van der Waals surface area (Å²) in [4.78, 5) is 47.1. The number of carbonyl (C=O) groups is 3. The molecule has 0 N–H and O–H groups in total. The first kappa shape index (κ1) is 17.7. The first-order chi connectivity index (χ1) is 13.1. The highest BCUT2D eigenvalue weighted by atomic mass is 16.2. The molecule has 7 nitrogen and oxygen atoms in total. The number of rotatable bonds is 4. The van der Waals surface area contributed by atoms with Gasteiger partial charge in [0.2, 0.25) is 17.7 Å². The fourth-order valence-corrected chi connectivity index (χ4v) is 4.18. The van der Waals surface area contributed by atoms with Crippen LogP contribution >= 0.6 is 0 Å². The number of allylic oxidation sites excluding steroid dienone is 2. The van der Waals surface area contributed by atoms with Crippen molar-refractivity contribution in [1.29, 1.82) is 0 Å². The molecule has 2 atom stereocenters. The Kier molecular flexibility index (Phi) is 4.92. The Labute approximate surface area is 158 Å². The fraction of sp³-hybridized carbons (Fsp3) is 0.500. The third-order valence-corrected chi connectivity index (χ3v) is 5.75. The number of nitrogens with zero attached hydrogens (tertiary/aromatic N) is 4. The zero-order valence-corrected chi connectivity index (χ0v) is 15.3. The molecule has 142 valence electrons. The van der Waals surface area contributed by atoms with Gasteiger partial charge in [-0.25, -0.2) is 4.98 Å². The van der Waals surface area contributed by atoms with E-state index in [0.29, 0.717) is 25.9 Å². The Balaban J connectivity index is 1.28. The Hall–Kier alpha value is -2.70. The normalized spacial score (nSPS) is 25.1. The van der Waals surface area contributed by atoms with E-state index in [2.05, 4.69) is 9.88 Å². The number of piperazine rings is 1. The Morgan fingerprint density at radius 3 is 2.26 bits per heavy atom. The highest BCUT2D eigenvalue weighted by Gasteiger charge is 2.47. The summed E-state index contributed by atoms with van der Waals surface area (Å²) < 4.78 is 0. The predicted octanol–water partition coefficient (Wildman–Crippen LogP) is 1.07. The van der Waals surface area contributed by atoms with Crippen molar-refractivity contribution in [3.63, 3.8) is 0 Å². The molecule has 3 aliphatic rings. The Morgan fingerprint density at radius 2 is 1.67 bits per heavy atom. The van der Waals surface area contributed by atoms with Gasteiger partial charge < -0.3 is 9.80 Å². The second kappa shape index (κ2) is 7.50. The van der Waals surface area contributed by atoms with Crippen molar-refractivity contribution in [2.24, 2.45) is 11.8 Å². The van der Waals surface area contributed by atoms with Crippen LogP contribution in [-0.2, 0) is 14.4 Å². The fourth-order valence-electron chi connectivity index (χ4n) is 4.18. The molecule has 1 aliphatic carbocycles. The Bertz CT molecular complexity index is 730. The van der Waals surface area contributed by atoms with E-state index >= 15 is 0 Å². The summed E-state index contributed by atoms with van der Waals surface area (Å²) in [6, 6.07) is 5.81. The number of hydrogen-bond donors (Lipinski definition) is 0. The van der Waals surface area contributed by atoms with Gasteiger partial charge in [0.25, 0.3) is 0 Å². The summed E-state index contributed by atoms with van der Waals surface area (Å²) in [6.45, 7) is 2.93. The van der Waals surface area contributed by atoms with Crippen LogP contribution in [0.1, 0.15) is 19.3 Å². The van der Waals surface area contributed by atoms with Crippen LogP contribution in [0.15, 0.2) is 36.5 Å². The van der Waals surface area contributed by atoms with Gasteiger partial charge in [0.05, 0.1) is 11.8 Å². The molecule has 4 rings (SSSR count). The SMILES string of the molecule is O=C(CCN1C(=O)[C@@H]2CC=CC[C@H]2C1=O)N1CCN(c2ccccn2)CC1. The molecule has 3 heterocycles. The molecule has 1 aromatic rings. The number of pyridine rings is 1. The van der Waals surface area contributed by atoms with Gasteiger partial charge in [-0.05, 0) is 25.0 Å². The van der Waals surface area contributed by atoms with Crippen LogP contribution in [-0.4, -0.2) is 65.2 Å². The van der Waals surface area contributed by atoms with Crippen LogP contribution < -0.4 is 4.90 Å². The van der Waals surface area contributed by atoms with Gasteiger partial charge in [0.1, 0.15) is 5.82 Å². The molecular weight excluding hydrogens is 344 g/mol. The molecular formula is C20H24N4O3. The quantitative estimate of drug-likeness (QED) is 0.587. The highest BCUT2D eigenvalue weighted by Crippen LogP contribution is 2.35. The van der Waals surface area contributed by atoms with E-state index in [-0.39, 0.29) is 42.5 Å².